The third-order valence-corrected chi connectivity index (χ3v) is 2.84. The summed E-state index contributed by atoms with van der Waals surface area (Å²) in [6, 6.07) is 6.70. The highest BCUT2D eigenvalue weighted by atomic mass is 19.1. The lowest BCUT2D eigenvalue weighted by Crippen LogP contribution is -2.25. The molecule has 1 aliphatic rings. The van der Waals surface area contributed by atoms with Crippen LogP contribution in [0.5, 0.6) is 0 Å². The second kappa shape index (κ2) is 3.80. The standard InChI is InChI=1S/C13H11FN2O/c14-11-3-1-2-8-6-9(7-15-12(8)11)13(17)16-10-4-5-10/h1-3,6-7,10H,4-5H2,(H,16,17). The van der Waals surface area contributed by atoms with Crippen LogP contribution in [0, 0.1) is 5.82 Å². The lowest BCUT2D eigenvalue weighted by atomic mass is 10.1. The Bertz CT molecular complexity index is 593. The van der Waals surface area contributed by atoms with Crippen molar-refractivity contribution in [2.24, 2.45) is 0 Å². The molecule has 1 saturated carbocycles. The number of aromatic nitrogens is 1. The van der Waals surface area contributed by atoms with Crippen LogP contribution in [0.3, 0.4) is 0 Å². The molecule has 1 heterocycles. The summed E-state index contributed by atoms with van der Waals surface area (Å²) in [5.74, 6) is -0.497. The van der Waals surface area contributed by atoms with Crippen molar-refractivity contribution in [1.29, 1.82) is 0 Å². The van der Waals surface area contributed by atoms with Gasteiger partial charge in [-0.05, 0) is 25.0 Å². The third kappa shape index (κ3) is 1.98. The smallest absolute Gasteiger partial charge is 0.253 e. The van der Waals surface area contributed by atoms with E-state index >= 15 is 0 Å². The molecule has 1 aliphatic carbocycles. The molecule has 1 N–H and O–H groups in total. The fraction of sp³-hybridized carbons (Fsp3) is 0.231. The molecule has 0 spiro atoms. The maximum absolute atomic E-state index is 13.4. The number of carbonyl (C=O) groups is 1. The minimum Gasteiger partial charge on any atom is -0.349 e. The maximum atomic E-state index is 13.4. The van der Waals surface area contributed by atoms with Crippen molar-refractivity contribution in [3.63, 3.8) is 0 Å². The number of halogens is 1. The number of amides is 1. The van der Waals surface area contributed by atoms with E-state index in [1.807, 2.05) is 0 Å². The number of carbonyl (C=O) groups excluding carboxylic acids is 1. The van der Waals surface area contributed by atoms with E-state index in [9.17, 15) is 9.18 Å². The number of hydrogen-bond acceptors (Lipinski definition) is 2. The first kappa shape index (κ1) is 10.2. The lowest BCUT2D eigenvalue weighted by Gasteiger charge is -2.04. The highest BCUT2D eigenvalue weighted by molar-refractivity contribution is 5.97. The Hall–Kier alpha value is -1.97. The van der Waals surface area contributed by atoms with Gasteiger partial charge in [0.05, 0.1) is 5.56 Å². The van der Waals surface area contributed by atoms with Crippen molar-refractivity contribution in [2.45, 2.75) is 18.9 Å². The predicted octanol–water partition coefficient (Wildman–Crippen LogP) is 2.27. The van der Waals surface area contributed by atoms with Gasteiger partial charge in [0.2, 0.25) is 0 Å². The molecule has 0 bridgehead atoms. The number of nitrogens with zero attached hydrogens (tertiary/aromatic N) is 1. The zero-order chi connectivity index (χ0) is 11.8. The summed E-state index contributed by atoms with van der Waals surface area (Å²) >= 11 is 0. The van der Waals surface area contributed by atoms with Gasteiger partial charge in [0, 0.05) is 17.6 Å². The second-order valence-corrected chi connectivity index (χ2v) is 4.28. The Kier molecular flexibility index (Phi) is 2.28. The monoisotopic (exact) mass is 230 g/mol. The third-order valence-electron chi connectivity index (χ3n) is 2.84. The minimum atomic E-state index is -0.364. The van der Waals surface area contributed by atoms with Crippen molar-refractivity contribution in [2.75, 3.05) is 0 Å². The van der Waals surface area contributed by atoms with E-state index < -0.39 is 0 Å². The van der Waals surface area contributed by atoms with Gasteiger partial charge in [-0.1, -0.05) is 12.1 Å². The Morgan fingerprint density at radius 3 is 3.00 bits per heavy atom. The van der Waals surface area contributed by atoms with Crippen LogP contribution < -0.4 is 5.32 Å². The van der Waals surface area contributed by atoms with Gasteiger partial charge in [-0.2, -0.15) is 0 Å². The molecule has 4 heteroatoms. The normalized spacial score (nSPS) is 14.9. The number of rotatable bonds is 2. The van der Waals surface area contributed by atoms with Gasteiger partial charge in [-0.3, -0.25) is 9.78 Å². The number of pyridine rings is 1. The Labute approximate surface area is 97.7 Å². The van der Waals surface area contributed by atoms with Crippen LogP contribution in [-0.4, -0.2) is 16.9 Å². The fourth-order valence-electron chi connectivity index (χ4n) is 1.74. The summed E-state index contributed by atoms with van der Waals surface area (Å²) < 4.78 is 13.4. The molecule has 3 nitrogen and oxygen atoms in total. The zero-order valence-electron chi connectivity index (χ0n) is 9.11. The zero-order valence-corrected chi connectivity index (χ0v) is 9.11. The predicted molar refractivity (Wildman–Crippen MR) is 62.2 cm³/mol. The van der Waals surface area contributed by atoms with Crippen molar-refractivity contribution >= 4 is 16.8 Å². The van der Waals surface area contributed by atoms with Gasteiger partial charge in [0.15, 0.2) is 0 Å². The molecule has 86 valence electrons. The van der Waals surface area contributed by atoms with Crippen molar-refractivity contribution in [3.05, 3.63) is 41.8 Å². The summed E-state index contributed by atoms with van der Waals surface area (Å²) in [7, 11) is 0. The average molecular weight is 230 g/mol. The molecule has 3 rings (SSSR count). The molecule has 0 unspecified atom stereocenters. The van der Waals surface area contributed by atoms with Crippen LogP contribution in [0.1, 0.15) is 23.2 Å². The van der Waals surface area contributed by atoms with E-state index in [4.69, 9.17) is 0 Å². The number of nitrogens with one attached hydrogen (secondary N) is 1. The molecular weight excluding hydrogens is 219 g/mol. The summed E-state index contributed by atoms with van der Waals surface area (Å²) in [4.78, 5) is 15.8. The molecule has 1 fully saturated rings. The molecular formula is C13H11FN2O. The van der Waals surface area contributed by atoms with Crippen LogP contribution >= 0.6 is 0 Å². The van der Waals surface area contributed by atoms with Crippen LogP contribution in [-0.2, 0) is 0 Å². The van der Waals surface area contributed by atoms with Gasteiger partial charge in [-0.25, -0.2) is 4.39 Å². The Morgan fingerprint density at radius 1 is 1.41 bits per heavy atom. The van der Waals surface area contributed by atoms with Gasteiger partial charge >= 0.3 is 0 Å². The SMILES string of the molecule is O=C(NC1CC1)c1cnc2c(F)cccc2c1. The number of benzene rings is 1. The summed E-state index contributed by atoms with van der Waals surface area (Å²) in [5, 5.41) is 3.52. The first-order chi connectivity index (χ1) is 8.24. The van der Waals surface area contributed by atoms with E-state index in [1.54, 1.807) is 18.2 Å². The van der Waals surface area contributed by atoms with Crippen molar-refractivity contribution < 1.29 is 9.18 Å². The quantitative estimate of drug-likeness (QED) is 0.859. The molecule has 0 atom stereocenters. The molecule has 2 aromatic rings. The van der Waals surface area contributed by atoms with Gasteiger partial charge in [-0.15, -0.1) is 0 Å². The number of para-hydroxylation sites is 1. The lowest BCUT2D eigenvalue weighted by molar-refractivity contribution is 0.0951. The van der Waals surface area contributed by atoms with Gasteiger partial charge in [0.1, 0.15) is 11.3 Å². The van der Waals surface area contributed by atoms with Crippen LogP contribution in [0.4, 0.5) is 4.39 Å². The van der Waals surface area contributed by atoms with E-state index in [0.29, 0.717) is 22.5 Å². The van der Waals surface area contributed by atoms with E-state index in [1.165, 1.54) is 12.3 Å². The van der Waals surface area contributed by atoms with E-state index in [0.717, 1.165) is 12.8 Å². The van der Waals surface area contributed by atoms with Crippen LogP contribution in [0.15, 0.2) is 30.5 Å². The number of fused-ring (bicyclic) bond motifs is 1. The maximum Gasteiger partial charge on any atom is 0.253 e. The largest absolute Gasteiger partial charge is 0.349 e. The van der Waals surface area contributed by atoms with E-state index in [2.05, 4.69) is 10.3 Å². The van der Waals surface area contributed by atoms with Gasteiger partial charge in [0.25, 0.3) is 5.91 Å². The fourth-order valence-corrected chi connectivity index (χ4v) is 1.74. The van der Waals surface area contributed by atoms with Crippen molar-refractivity contribution in [3.8, 4) is 0 Å². The highest BCUT2D eigenvalue weighted by Gasteiger charge is 2.24. The Balaban J connectivity index is 1.98. The van der Waals surface area contributed by atoms with Crippen molar-refractivity contribution in [1.82, 2.24) is 10.3 Å². The summed E-state index contributed by atoms with van der Waals surface area (Å²) in [6.07, 6.45) is 3.51. The first-order valence-electron chi connectivity index (χ1n) is 5.59. The van der Waals surface area contributed by atoms with Gasteiger partial charge < -0.3 is 5.32 Å². The number of hydrogen-bond donors (Lipinski definition) is 1. The molecule has 1 aromatic heterocycles. The molecule has 0 radical (unpaired) electrons. The molecule has 17 heavy (non-hydrogen) atoms. The first-order valence-corrected chi connectivity index (χ1v) is 5.59. The summed E-state index contributed by atoms with van der Waals surface area (Å²) in [6.45, 7) is 0. The molecule has 0 saturated heterocycles. The topological polar surface area (TPSA) is 42.0 Å². The Morgan fingerprint density at radius 2 is 2.24 bits per heavy atom. The van der Waals surface area contributed by atoms with E-state index in [-0.39, 0.29) is 11.7 Å². The van der Waals surface area contributed by atoms with Crippen LogP contribution in [0.2, 0.25) is 0 Å². The summed E-state index contributed by atoms with van der Waals surface area (Å²) in [5.41, 5.74) is 0.783. The molecule has 1 amide bonds. The second-order valence-electron chi connectivity index (χ2n) is 4.28. The molecule has 0 aliphatic heterocycles. The van der Waals surface area contributed by atoms with Crippen LogP contribution in [0.25, 0.3) is 10.9 Å². The highest BCUT2D eigenvalue weighted by Crippen LogP contribution is 2.20. The molecule has 1 aromatic carbocycles. The average Bonchev–Trinajstić information content (AvgIpc) is 3.13. The minimum absolute atomic E-state index is 0.133.